The third-order valence-electron chi connectivity index (χ3n) is 5.08. The molecule has 0 atom stereocenters. The minimum absolute atomic E-state index is 0.0643. The van der Waals surface area contributed by atoms with E-state index in [0.29, 0.717) is 24.7 Å². The first-order chi connectivity index (χ1) is 13.7. The molecule has 0 N–H and O–H groups in total. The van der Waals surface area contributed by atoms with Gasteiger partial charge in [-0.15, -0.1) is 0 Å². The van der Waals surface area contributed by atoms with Crippen LogP contribution < -0.4 is 4.90 Å². The molecular weight excluding hydrogens is 348 g/mol. The SMILES string of the molecule is CCN(Cc1ccccc1)C(=O)c1cc(C)nc(N2CCc3ccccc32)n1. The third-order valence-corrected chi connectivity index (χ3v) is 5.08. The number of nitrogens with zero attached hydrogens (tertiary/aromatic N) is 4. The first kappa shape index (κ1) is 18.2. The zero-order valence-corrected chi connectivity index (χ0v) is 16.3. The van der Waals surface area contributed by atoms with E-state index in [1.165, 1.54) is 5.56 Å². The quantitative estimate of drug-likeness (QED) is 0.675. The fraction of sp³-hybridized carbons (Fsp3) is 0.261. The molecule has 0 saturated carbocycles. The number of amides is 1. The van der Waals surface area contributed by atoms with Crippen LogP contribution in [0.5, 0.6) is 0 Å². The van der Waals surface area contributed by atoms with E-state index in [1.807, 2.05) is 55.1 Å². The molecular formula is C23H24N4O. The molecule has 1 aliphatic rings. The van der Waals surface area contributed by atoms with Gasteiger partial charge in [0, 0.05) is 31.0 Å². The minimum atomic E-state index is -0.0643. The number of aryl methyl sites for hydroxylation is 1. The van der Waals surface area contributed by atoms with Crippen molar-refractivity contribution in [2.45, 2.75) is 26.8 Å². The van der Waals surface area contributed by atoms with Gasteiger partial charge in [0.05, 0.1) is 0 Å². The van der Waals surface area contributed by atoms with Crippen LogP contribution in [0.1, 0.15) is 34.2 Å². The maximum atomic E-state index is 13.2. The highest BCUT2D eigenvalue weighted by Crippen LogP contribution is 2.32. The number of carbonyl (C=O) groups is 1. The number of benzene rings is 2. The molecule has 4 rings (SSSR count). The van der Waals surface area contributed by atoms with Crippen molar-refractivity contribution in [1.29, 1.82) is 0 Å². The summed E-state index contributed by atoms with van der Waals surface area (Å²) in [5, 5.41) is 0. The Morgan fingerprint density at radius 1 is 1.07 bits per heavy atom. The van der Waals surface area contributed by atoms with E-state index in [1.54, 1.807) is 6.07 Å². The lowest BCUT2D eigenvalue weighted by Crippen LogP contribution is -2.31. The summed E-state index contributed by atoms with van der Waals surface area (Å²) in [4.78, 5) is 26.3. The van der Waals surface area contributed by atoms with Gasteiger partial charge in [-0.05, 0) is 43.5 Å². The molecule has 0 spiro atoms. The molecule has 0 aliphatic carbocycles. The predicted molar refractivity (Wildman–Crippen MR) is 111 cm³/mol. The van der Waals surface area contributed by atoms with Crippen LogP contribution >= 0.6 is 0 Å². The number of para-hydroxylation sites is 1. The van der Waals surface area contributed by atoms with E-state index in [-0.39, 0.29) is 5.91 Å². The molecule has 2 heterocycles. The van der Waals surface area contributed by atoms with Gasteiger partial charge in [-0.25, -0.2) is 9.97 Å². The van der Waals surface area contributed by atoms with Crippen molar-refractivity contribution in [1.82, 2.24) is 14.9 Å². The summed E-state index contributed by atoms with van der Waals surface area (Å²) in [6.07, 6.45) is 0.964. The van der Waals surface area contributed by atoms with E-state index >= 15 is 0 Å². The van der Waals surface area contributed by atoms with Crippen molar-refractivity contribution in [2.75, 3.05) is 18.0 Å². The number of carbonyl (C=O) groups excluding carboxylic acids is 1. The smallest absolute Gasteiger partial charge is 0.272 e. The topological polar surface area (TPSA) is 49.3 Å². The average molecular weight is 372 g/mol. The summed E-state index contributed by atoms with van der Waals surface area (Å²) in [5.74, 6) is 0.537. The van der Waals surface area contributed by atoms with Crippen molar-refractivity contribution in [3.05, 3.63) is 83.2 Å². The molecule has 3 aromatic rings. The number of fused-ring (bicyclic) bond motifs is 1. The summed E-state index contributed by atoms with van der Waals surface area (Å²) in [6.45, 7) is 5.93. The summed E-state index contributed by atoms with van der Waals surface area (Å²) in [5.41, 5.74) is 4.78. The highest BCUT2D eigenvalue weighted by molar-refractivity contribution is 5.92. The van der Waals surface area contributed by atoms with Gasteiger partial charge < -0.3 is 9.80 Å². The molecule has 142 valence electrons. The van der Waals surface area contributed by atoms with Crippen LogP contribution in [0.15, 0.2) is 60.7 Å². The van der Waals surface area contributed by atoms with Crippen molar-refractivity contribution in [3.63, 3.8) is 0 Å². The largest absolute Gasteiger partial charge is 0.333 e. The van der Waals surface area contributed by atoms with E-state index in [9.17, 15) is 4.79 Å². The zero-order chi connectivity index (χ0) is 19.5. The lowest BCUT2D eigenvalue weighted by atomic mass is 10.2. The summed E-state index contributed by atoms with van der Waals surface area (Å²) < 4.78 is 0. The van der Waals surface area contributed by atoms with Crippen LogP contribution in [0, 0.1) is 6.92 Å². The second-order valence-corrected chi connectivity index (χ2v) is 7.03. The number of hydrogen-bond acceptors (Lipinski definition) is 4. The first-order valence-corrected chi connectivity index (χ1v) is 9.70. The molecule has 2 aromatic carbocycles. The summed E-state index contributed by atoms with van der Waals surface area (Å²) >= 11 is 0. The van der Waals surface area contributed by atoms with Gasteiger partial charge in [-0.3, -0.25) is 4.79 Å². The third kappa shape index (κ3) is 3.60. The molecule has 0 radical (unpaired) electrons. The highest BCUT2D eigenvalue weighted by Gasteiger charge is 2.24. The standard InChI is InChI=1S/C23H24N4O/c1-3-26(16-18-9-5-4-6-10-18)22(28)20-15-17(2)24-23(25-20)27-14-13-19-11-7-8-12-21(19)27/h4-12,15H,3,13-14,16H2,1-2H3. The molecule has 1 aromatic heterocycles. The fourth-order valence-corrected chi connectivity index (χ4v) is 3.62. The van der Waals surface area contributed by atoms with E-state index in [2.05, 4.69) is 33.1 Å². The van der Waals surface area contributed by atoms with Gasteiger partial charge in [0.25, 0.3) is 5.91 Å². The minimum Gasteiger partial charge on any atom is -0.333 e. The maximum Gasteiger partial charge on any atom is 0.272 e. The number of aromatic nitrogens is 2. The lowest BCUT2D eigenvalue weighted by Gasteiger charge is -2.22. The molecule has 0 saturated heterocycles. The van der Waals surface area contributed by atoms with Gasteiger partial charge in [0.2, 0.25) is 5.95 Å². The molecule has 5 heteroatoms. The molecule has 5 nitrogen and oxygen atoms in total. The lowest BCUT2D eigenvalue weighted by molar-refractivity contribution is 0.0746. The predicted octanol–water partition coefficient (Wildman–Crippen LogP) is 4.14. The number of rotatable bonds is 5. The van der Waals surface area contributed by atoms with Crippen LogP contribution in [0.2, 0.25) is 0 Å². The monoisotopic (exact) mass is 372 g/mol. The normalized spacial score (nSPS) is 12.7. The second-order valence-electron chi connectivity index (χ2n) is 7.03. The van der Waals surface area contributed by atoms with E-state index in [4.69, 9.17) is 0 Å². The zero-order valence-electron chi connectivity index (χ0n) is 16.3. The van der Waals surface area contributed by atoms with Crippen LogP contribution in [-0.4, -0.2) is 33.9 Å². The van der Waals surface area contributed by atoms with Crippen molar-refractivity contribution in [3.8, 4) is 0 Å². The Kier molecular flexibility index (Phi) is 5.06. The van der Waals surface area contributed by atoms with Crippen LogP contribution in [-0.2, 0) is 13.0 Å². The maximum absolute atomic E-state index is 13.2. The Morgan fingerprint density at radius 2 is 1.82 bits per heavy atom. The van der Waals surface area contributed by atoms with Gasteiger partial charge in [-0.1, -0.05) is 48.5 Å². The van der Waals surface area contributed by atoms with Crippen LogP contribution in [0.4, 0.5) is 11.6 Å². The molecule has 0 unspecified atom stereocenters. The van der Waals surface area contributed by atoms with Gasteiger partial charge >= 0.3 is 0 Å². The van der Waals surface area contributed by atoms with E-state index in [0.717, 1.165) is 29.9 Å². The Balaban J connectivity index is 1.62. The molecule has 1 amide bonds. The molecule has 1 aliphatic heterocycles. The average Bonchev–Trinajstić information content (AvgIpc) is 3.16. The van der Waals surface area contributed by atoms with Gasteiger partial charge in [0.15, 0.2) is 0 Å². The summed E-state index contributed by atoms with van der Waals surface area (Å²) in [7, 11) is 0. The van der Waals surface area contributed by atoms with Gasteiger partial charge in [-0.2, -0.15) is 0 Å². The Bertz CT molecular complexity index is 987. The molecule has 0 fully saturated rings. The first-order valence-electron chi connectivity index (χ1n) is 9.70. The van der Waals surface area contributed by atoms with Crippen LogP contribution in [0.3, 0.4) is 0 Å². The van der Waals surface area contributed by atoms with Crippen molar-refractivity contribution < 1.29 is 4.79 Å². The van der Waals surface area contributed by atoms with Crippen molar-refractivity contribution >= 4 is 17.5 Å². The van der Waals surface area contributed by atoms with E-state index < -0.39 is 0 Å². The van der Waals surface area contributed by atoms with Crippen molar-refractivity contribution in [2.24, 2.45) is 0 Å². The Morgan fingerprint density at radius 3 is 2.61 bits per heavy atom. The summed E-state index contributed by atoms with van der Waals surface area (Å²) in [6, 6.07) is 20.1. The van der Waals surface area contributed by atoms with Gasteiger partial charge in [0.1, 0.15) is 5.69 Å². The Hall–Kier alpha value is -3.21. The molecule has 0 bridgehead atoms. The van der Waals surface area contributed by atoms with Crippen LogP contribution in [0.25, 0.3) is 0 Å². The number of anilines is 2. The Labute approximate surface area is 165 Å². The molecule has 28 heavy (non-hydrogen) atoms. The fourth-order valence-electron chi connectivity index (χ4n) is 3.62. The number of hydrogen-bond donors (Lipinski definition) is 0. The second kappa shape index (κ2) is 7.80. The highest BCUT2D eigenvalue weighted by atomic mass is 16.2.